The summed E-state index contributed by atoms with van der Waals surface area (Å²) in [4.78, 5) is 17.8. The van der Waals surface area contributed by atoms with Crippen LogP contribution >= 0.6 is 11.8 Å². The van der Waals surface area contributed by atoms with Gasteiger partial charge in [0.05, 0.1) is 22.2 Å². The molecule has 0 atom stereocenters. The molecule has 0 saturated heterocycles. The lowest BCUT2D eigenvalue weighted by Gasteiger charge is -2.40. The van der Waals surface area contributed by atoms with E-state index in [0.717, 1.165) is 49.5 Å². The highest BCUT2D eigenvalue weighted by atomic mass is 32.2. The molecular formula is C59H36N4OS. The molecule has 0 fully saturated rings. The molecule has 9 aromatic carbocycles. The van der Waals surface area contributed by atoms with Gasteiger partial charge in [0, 0.05) is 54.1 Å². The molecule has 1 aliphatic heterocycles. The molecule has 1 spiro atoms. The van der Waals surface area contributed by atoms with Crippen LogP contribution in [0, 0.1) is 5.41 Å². The van der Waals surface area contributed by atoms with Gasteiger partial charge in [0.2, 0.25) is 0 Å². The first-order valence-electron chi connectivity index (χ1n) is 21.8. The molecular weight excluding hydrogens is 813 g/mol. The molecule has 5 nitrogen and oxygen atoms in total. The van der Waals surface area contributed by atoms with Gasteiger partial charge in [0.1, 0.15) is 11.2 Å². The normalized spacial score (nSPS) is 13.7. The van der Waals surface area contributed by atoms with Crippen molar-refractivity contribution in [2.45, 2.75) is 15.2 Å². The van der Waals surface area contributed by atoms with Gasteiger partial charge in [-0.15, -0.1) is 0 Å². The number of benzene rings is 9. The molecule has 0 unspecified atom stereocenters. The molecule has 2 aromatic heterocycles. The molecule has 0 radical (unpaired) electrons. The maximum Gasteiger partial charge on any atom is 0.165 e. The number of amidine groups is 2. The van der Waals surface area contributed by atoms with E-state index in [4.69, 9.17) is 19.4 Å². The number of pyridine rings is 1. The van der Waals surface area contributed by atoms with Crippen molar-refractivity contribution in [1.82, 2.24) is 4.98 Å². The molecule has 2 aliphatic rings. The van der Waals surface area contributed by atoms with E-state index >= 15 is 0 Å². The van der Waals surface area contributed by atoms with Crippen LogP contribution in [0.2, 0.25) is 0 Å². The lowest BCUT2D eigenvalue weighted by atomic mass is 9.67. The minimum Gasteiger partial charge on any atom is -0.455 e. The monoisotopic (exact) mass is 848 g/mol. The number of nitrogens with zero attached hydrogens (tertiary/aromatic N) is 3. The van der Waals surface area contributed by atoms with E-state index in [1.807, 2.05) is 90.6 Å². The number of furan rings is 1. The van der Waals surface area contributed by atoms with Crippen molar-refractivity contribution >= 4 is 73.3 Å². The summed E-state index contributed by atoms with van der Waals surface area (Å²) in [5.74, 6) is 0.464. The van der Waals surface area contributed by atoms with Crippen molar-refractivity contribution in [3.05, 3.63) is 245 Å². The molecule has 1 aliphatic carbocycles. The Balaban J connectivity index is 0.994. The van der Waals surface area contributed by atoms with Crippen LogP contribution in [-0.2, 0) is 5.41 Å². The largest absolute Gasteiger partial charge is 0.455 e. The number of hydrogen-bond donors (Lipinski definition) is 1. The van der Waals surface area contributed by atoms with Gasteiger partial charge in [0.15, 0.2) is 11.7 Å². The first-order chi connectivity index (χ1) is 32.1. The van der Waals surface area contributed by atoms with Gasteiger partial charge in [-0.05, 0) is 69.3 Å². The number of fused-ring (bicyclic) bond motifs is 16. The summed E-state index contributed by atoms with van der Waals surface area (Å²) in [5.41, 5.74) is 13.7. The van der Waals surface area contributed by atoms with E-state index in [9.17, 15) is 5.41 Å². The van der Waals surface area contributed by atoms with Crippen molar-refractivity contribution in [2.75, 3.05) is 0 Å². The molecule has 6 heteroatoms. The Morgan fingerprint density at radius 1 is 0.569 bits per heavy atom. The molecule has 11 aromatic rings. The summed E-state index contributed by atoms with van der Waals surface area (Å²) in [6.45, 7) is 0. The van der Waals surface area contributed by atoms with Crippen molar-refractivity contribution < 1.29 is 4.42 Å². The molecule has 0 bridgehead atoms. The Labute approximate surface area is 379 Å². The Kier molecular flexibility index (Phi) is 8.45. The quantitative estimate of drug-likeness (QED) is 0.109. The van der Waals surface area contributed by atoms with Gasteiger partial charge in [-0.3, -0.25) is 5.41 Å². The minimum absolute atomic E-state index is 0.0790. The highest BCUT2D eigenvalue weighted by Gasteiger charge is 2.50. The standard InChI is InChI=1S/C59H36N4OS/c60-57(63-58(61-35-36-16-2-1-3-17-36)45-25-15-24-42-41-22-7-12-30-51(41)64-55(42)45)38-19-14-18-37(34-38)54-44-32-33-49-56(53(44)43-23-6-11-29-50(43)62-54)65-52-31-13-10-28-48(52)59(49)46-26-8-4-20-39(46)40-21-5-9-27-47(40)59/h1-35,60H. The van der Waals surface area contributed by atoms with Gasteiger partial charge in [-0.2, -0.15) is 0 Å². The molecule has 0 saturated carbocycles. The number of hydrogen-bond acceptors (Lipinski definition) is 4. The number of rotatable bonds is 4. The first-order valence-corrected chi connectivity index (χ1v) is 22.6. The van der Waals surface area contributed by atoms with E-state index in [1.165, 1.54) is 48.6 Å². The lowest BCUT2D eigenvalue weighted by molar-refractivity contribution is 0.668. The Hall–Kier alpha value is -8.19. The second-order valence-electron chi connectivity index (χ2n) is 16.6. The topological polar surface area (TPSA) is 74.6 Å². The number of aliphatic imine (C=N–C) groups is 2. The second kappa shape index (κ2) is 14.7. The number of aromatic nitrogens is 1. The van der Waals surface area contributed by atoms with Crippen LogP contribution in [0.15, 0.2) is 230 Å². The van der Waals surface area contributed by atoms with Crippen LogP contribution in [0.4, 0.5) is 0 Å². The molecule has 304 valence electrons. The van der Waals surface area contributed by atoms with E-state index in [-0.39, 0.29) is 5.84 Å². The van der Waals surface area contributed by atoms with Crippen molar-refractivity contribution in [1.29, 1.82) is 5.41 Å². The predicted molar refractivity (Wildman–Crippen MR) is 267 cm³/mol. The van der Waals surface area contributed by atoms with Gasteiger partial charge < -0.3 is 4.42 Å². The second-order valence-corrected chi connectivity index (χ2v) is 17.6. The van der Waals surface area contributed by atoms with Crippen LogP contribution in [0.25, 0.3) is 66.0 Å². The Morgan fingerprint density at radius 2 is 1.25 bits per heavy atom. The molecule has 13 rings (SSSR count). The van der Waals surface area contributed by atoms with E-state index in [0.29, 0.717) is 22.5 Å². The summed E-state index contributed by atoms with van der Waals surface area (Å²) >= 11 is 1.86. The number of nitrogens with one attached hydrogen (secondary N) is 1. The fraction of sp³-hybridized carbons (Fsp3) is 0.0169. The van der Waals surface area contributed by atoms with Crippen molar-refractivity contribution in [3.63, 3.8) is 0 Å². The third-order valence-electron chi connectivity index (χ3n) is 13.1. The summed E-state index contributed by atoms with van der Waals surface area (Å²) in [6.07, 6.45) is 1.79. The van der Waals surface area contributed by atoms with Crippen LogP contribution in [-0.4, -0.2) is 22.9 Å². The lowest BCUT2D eigenvalue weighted by Crippen LogP contribution is -2.32. The summed E-state index contributed by atoms with van der Waals surface area (Å²) in [5, 5.41) is 14.9. The molecule has 3 heterocycles. The maximum atomic E-state index is 9.55. The van der Waals surface area contributed by atoms with E-state index < -0.39 is 5.41 Å². The van der Waals surface area contributed by atoms with E-state index in [2.05, 4.69) is 127 Å². The zero-order valence-electron chi connectivity index (χ0n) is 34.9. The van der Waals surface area contributed by atoms with Crippen LogP contribution < -0.4 is 0 Å². The first kappa shape index (κ1) is 37.4. The van der Waals surface area contributed by atoms with Crippen LogP contribution in [0.1, 0.15) is 38.9 Å². The predicted octanol–water partition coefficient (Wildman–Crippen LogP) is 14.7. The zero-order chi connectivity index (χ0) is 43.1. The van der Waals surface area contributed by atoms with E-state index in [1.54, 1.807) is 6.21 Å². The van der Waals surface area contributed by atoms with Gasteiger partial charge >= 0.3 is 0 Å². The number of para-hydroxylation sites is 3. The van der Waals surface area contributed by atoms with Gasteiger partial charge in [-0.25, -0.2) is 15.0 Å². The SMILES string of the molecule is N=C(N=C(N=Cc1ccccc1)c1cccc2c1oc1ccccc12)c1cccc(-c2nc3ccccc3c3c4c(ccc23)C2(c3ccccc3S4)c3ccccc3-c3ccccc32)c1. The van der Waals surface area contributed by atoms with Crippen molar-refractivity contribution in [3.8, 4) is 22.4 Å². The van der Waals surface area contributed by atoms with Gasteiger partial charge in [-0.1, -0.05) is 188 Å². The zero-order valence-corrected chi connectivity index (χ0v) is 35.7. The third-order valence-corrected chi connectivity index (χ3v) is 14.3. The molecule has 1 N–H and O–H groups in total. The highest BCUT2D eigenvalue weighted by molar-refractivity contribution is 7.99. The maximum absolute atomic E-state index is 9.55. The molecule has 0 amide bonds. The fourth-order valence-electron chi connectivity index (χ4n) is 10.3. The summed E-state index contributed by atoms with van der Waals surface area (Å²) in [7, 11) is 0. The van der Waals surface area contributed by atoms with Crippen LogP contribution in [0.5, 0.6) is 0 Å². The van der Waals surface area contributed by atoms with Crippen molar-refractivity contribution in [2.24, 2.45) is 9.98 Å². The average Bonchev–Trinajstić information content (AvgIpc) is 3.89. The Morgan fingerprint density at radius 3 is 2.08 bits per heavy atom. The summed E-state index contributed by atoms with van der Waals surface area (Å²) < 4.78 is 6.45. The average molecular weight is 849 g/mol. The highest BCUT2D eigenvalue weighted by Crippen LogP contribution is 2.63. The van der Waals surface area contributed by atoms with Gasteiger partial charge in [0.25, 0.3) is 0 Å². The molecule has 65 heavy (non-hydrogen) atoms. The minimum atomic E-state index is -0.497. The van der Waals surface area contributed by atoms with Crippen LogP contribution in [0.3, 0.4) is 0 Å². The smallest absolute Gasteiger partial charge is 0.165 e. The third kappa shape index (κ3) is 5.67. The Bertz CT molecular complexity index is 3800. The summed E-state index contributed by atoms with van der Waals surface area (Å²) in [6, 6.07) is 72.0. The fourth-order valence-corrected chi connectivity index (χ4v) is 11.7.